The quantitative estimate of drug-likeness (QED) is 0.359. The number of hydrogen-bond donors (Lipinski definition) is 2. The Morgan fingerprint density at radius 2 is 1.96 bits per heavy atom. The van der Waals surface area contributed by atoms with Crippen molar-refractivity contribution in [2.24, 2.45) is 18.0 Å². The van der Waals surface area contributed by atoms with Crippen LogP contribution in [0.15, 0.2) is 17.3 Å². The second kappa shape index (κ2) is 11.7. The van der Waals surface area contributed by atoms with Gasteiger partial charge in [-0.05, 0) is 26.0 Å². The van der Waals surface area contributed by atoms with Crippen LogP contribution in [0.3, 0.4) is 0 Å². The third-order valence-electron chi connectivity index (χ3n) is 4.45. The topological polar surface area (TPSA) is 60.7 Å². The molecule has 1 fully saturated rings. The molecule has 8 heteroatoms. The number of likely N-dealkylation sites (N-methyl/N-ethyl adjacent to an activating group) is 1. The maximum atomic E-state index is 4.66. The molecule has 1 aromatic heterocycles. The van der Waals surface area contributed by atoms with Crippen LogP contribution in [0.5, 0.6) is 0 Å². The van der Waals surface area contributed by atoms with Crippen LogP contribution in [-0.2, 0) is 13.6 Å². The molecule has 0 bridgehead atoms. The van der Waals surface area contributed by atoms with Crippen LogP contribution < -0.4 is 10.6 Å². The molecule has 1 aliphatic heterocycles. The Balaban J connectivity index is 0.00000312. The normalized spacial score (nSPS) is 17.8. The summed E-state index contributed by atoms with van der Waals surface area (Å²) in [6.07, 6.45) is 1.81. The first-order chi connectivity index (χ1) is 11.6. The molecular weight excluding hydrogens is 429 g/mol. The summed E-state index contributed by atoms with van der Waals surface area (Å²) in [5, 5.41) is 11.0. The molecule has 2 heterocycles. The highest BCUT2D eigenvalue weighted by Gasteiger charge is 2.16. The lowest BCUT2D eigenvalue weighted by atomic mass is 10.1. The van der Waals surface area contributed by atoms with E-state index in [-0.39, 0.29) is 24.0 Å². The molecule has 144 valence electrons. The molecule has 0 saturated carbocycles. The van der Waals surface area contributed by atoms with Gasteiger partial charge < -0.3 is 20.4 Å². The van der Waals surface area contributed by atoms with Crippen molar-refractivity contribution < 1.29 is 0 Å². The number of halogens is 1. The molecule has 25 heavy (non-hydrogen) atoms. The molecule has 1 unspecified atom stereocenters. The van der Waals surface area contributed by atoms with E-state index in [0.29, 0.717) is 12.5 Å². The van der Waals surface area contributed by atoms with Gasteiger partial charge in [0, 0.05) is 59.1 Å². The Morgan fingerprint density at radius 3 is 2.56 bits per heavy atom. The highest BCUT2D eigenvalue weighted by atomic mass is 127. The summed E-state index contributed by atoms with van der Waals surface area (Å²) in [7, 11) is 4.15. The van der Waals surface area contributed by atoms with E-state index in [0.717, 1.165) is 31.3 Å². The van der Waals surface area contributed by atoms with Crippen molar-refractivity contribution >= 4 is 29.9 Å². The van der Waals surface area contributed by atoms with E-state index in [1.807, 2.05) is 24.0 Å². The number of rotatable bonds is 7. The van der Waals surface area contributed by atoms with Crippen LogP contribution in [0.4, 0.5) is 0 Å². The highest BCUT2D eigenvalue weighted by molar-refractivity contribution is 14.0. The number of nitrogens with one attached hydrogen (secondary N) is 2. The molecule has 2 N–H and O–H groups in total. The maximum Gasteiger partial charge on any atom is 0.191 e. The lowest BCUT2D eigenvalue weighted by Crippen LogP contribution is -2.47. The van der Waals surface area contributed by atoms with E-state index in [1.54, 1.807) is 0 Å². The van der Waals surface area contributed by atoms with Crippen LogP contribution in [-0.4, -0.2) is 78.4 Å². The van der Waals surface area contributed by atoms with Gasteiger partial charge in [-0.15, -0.1) is 24.0 Å². The van der Waals surface area contributed by atoms with Crippen LogP contribution in [0, 0.1) is 5.92 Å². The van der Waals surface area contributed by atoms with Gasteiger partial charge in [0.15, 0.2) is 5.96 Å². The molecule has 7 nitrogen and oxygen atoms in total. The summed E-state index contributed by atoms with van der Waals surface area (Å²) in [5.41, 5.74) is 1.11. The minimum atomic E-state index is 0. The number of piperazine rings is 1. The van der Waals surface area contributed by atoms with Gasteiger partial charge in [-0.3, -0.25) is 4.68 Å². The molecular formula is C17H34IN7. The zero-order chi connectivity index (χ0) is 17.4. The molecule has 0 spiro atoms. The van der Waals surface area contributed by atoms with Gasteiger partial charge in [-0.1, -0.05) is 6.92 Å². The number of aryl methyl sites for hydroxylation is 1. The Hall–Kier alpha value is -0.870. The van der Waals surface area contributed by atoms with Crippen LogP contribution in [0.2, 0.25) is 0 Å². The molecule has 0 amide bonds. The van der Waals surface area contributed by atoms with Crippen molar-refractivity contribution in [3.05, 3.63) is 18.0 Å². The van der Waals surface area contributed by atoms with Gasteiger partial charge in [0.1, 0.15) is 0 Å². The minimum Gasteiger partial charge on any atom is -0.357 e. The first-order valence-corrected chi connectivity index (χ1v) is 8.98. The summed E-state index contributed by atoms with van der Waals surface area (Å²) in [6.45, 7) is 12.7. The van der Waals surface area contributed by atoms with Crippen LogP contribution >= 0.6 is 24.0 Å². The van der Waals surface area contributed by atoms with E-state index in [1.165, 1.54) is 26.2 Å². The Bertz CT molecular complexity index is 509. The van der Waals surface area contributed by atoms with Gasteiger partial charge in [-0.2, -0.15) is 5.10 Å². The second-order valence-electron chi connectivity index (χ2n) is 6.73. The fourth-order valence-electron chi connectivity index (χ4n) is 2.86. The van der Waals surface area contributed by atoms with E-state index in [4.69, 9.17) is 0 Å². The van der Waals surface area contributed by atoms with Crippen molar-refractivity contribution in [1.29, 1.82) is 0 Å². The average Bonchev–Trinajstić information content (AvgIpc) is 2.97. The Labute approximate surface area is 169 Å². The van der Waals surface area contributed by atoms with E-state index < -0.39 is 0 Å². The first-order valence-electron chi connectivity index (χ1n) is 8.98. The fraction of sp³-hybridized carbons (Fsp3) is 0.765. The van der Waals surface area contributed by atoms with Crippen molar-refractivity contribution in [2.75, 3.05) is 52.9 Å². The smallest absolute Gasteiger partial charge is 0.191 e. The van der Waals surface area contributed by atoms with Crippen molar-refractivity contribution in [2.45, 2.75) is 20.4 Å². The van der Waals surface area contributed by atoms with Crippen molar-refractivity contribution in [3.63, 3.8) is 0 Å². The van der Waals surface area contributed by atoms with E-state index in [2.05, 4.69) is 51.4 Å². The molecule has 1 aromatic rings. The highest BCUT2D eigenvalue weighted by Crippen LogP contribution is 2.04. The fourth-order valence-corrected chi connectivity index (χ4v) is 2.86. The summed E-state index contributed by atoms with van der Waals surface area (Å²) in [5.74, 6) is 1.47. The Kier molecular flexibility index (Phi) is 10.4. The number of aliphatic imine (C=N–C) groups is 1. The second-order valence-corrected chi connectivity index (χ2v) is 6.73. The van der Waals surface area contributed by atoms with Gasteiger partial charge in [0.2, 0.25) is 0 Å². The molecule has 0 radical (unpaired) electrons. The molecule has 1 saturated heterocycles. The summed E-state index contributed by atoms with van der Waals surface area (Å²) in [6, 6.07) is 2.00. The predicted octanol–water partition coefficient (Wildman–Crippen LogP) is 0.977. The lowest BCUT2D eigenvalue weighted by Gasteiger charge is -2.34. The van der Waals surface area contributed by atoms with Gasteiger partial charge >= 0.3 is 0 Å². The molecule has 2 rings (SSSR count). The predicted molar refractivity (Wildman–Crippen MR) is 115 cm³/mol. The van der Waals surface area contributed by atoms with Crippen LogP contribution in [0.25, 0.3) is 0 Å². The SMILES string of the molecule is CCNC(=NCc1ccnn1C)NCC(C)CN1CCN(C)CC1.I. The standard InChI is InChI=1S/C17H33N7.HI/c1-5-18-17(20-13-16-6-7-21-23(16)4)19-12-15(2)14-24-10-8-22(3)9-11-24;/h6-7,15H,5,8-14H2,1-4H3,(H2,18,19,20);1H. The van der Waals surface area contributed by atoms with Gasteiger partial charge in [0.25, 0.3) is 0 Å². The monoisotopic (exact) mass is 463 g/mol. The minimum absolute atomic E-state index is 0. The number of aromatic nitrogens is 2. The molecule has 1 atom stereocenters. The van der Waals surface area contributed by atoms with Gasteiger partial charge in [-0.25, -0.2) is 4.99 Å². The third kappa shape index (κ3) is 7.91. The van der Waals surface area contributed by atoms with E-state index in [9.17, 15) is 0 Å². The van der Waals surface area contributed by atoms with E-state index >= 15 is 0 Å². The van der Waals surface area contributed by atoms with Gasteiger partial charge in [0.05, 0.1) is 12.2 Å². The number of guanidine groups is 1. The Morgan fingerprint density at radius 1 is 1.24 bits per heavy atom. The number of hydrogen-bond acceptors (Lipinski definition) is 4. The zero-order valence-electron chi connectivity index (χ0n) is 16.0. The number of nitrogens with zero attached hydrogens (tertiary/aromatic N) is 5. The van der Waals surface area contributed by atoms with Crippen molar-refractivity contribution in [3.8, 4) is 0 Å². The molecule has 0 aliphatic carbocycles. The van der Waals surface area contributed by atoms with Crippen molar-refractivity contribution in [1.82, 2.24) is 30.2 Å². The molecule has 1 aliphatic rings. The summed E-state index contributed by atoms with van der Waals surface area (Å²) < 4.78 is 1.86. The lowest BCUT2D eigenvalue weighted by molar-refractivity contribution is 0.139. The zero-order valence-corrected chi connectivity index (χ0v) is 18.4. The summed E-state index contributed by atoms with van der Waals surface area (Å²) >= 11 is 0. The third-order valence-corrected chi connectivity index (χ3v) is 4.45. The first kappa shape index (κ1) is 22.2. The molecule has 0 aromatic carbocycles. The average molecular weight is 463 g/mol. The van der Waals surface area contributed by atoms with Crippen LogP contribution in [0.1, 0.15) is 19.5 Å². The maximum absolute atomic E-state index is 4.66. The largest absolute Gasteiger partial charge is 0.357 e. The summed E-state index contributed by atoms with van der Waals surface area (Å²) in [4.78, 5) is 9.62.